The fourth-order valence-corrected chi connectivity index (χ4v) is 3.42. The normalized spacial score (nSPS) is 14.0. The van der Waals surface area contributed by atoms with E-state index in [2.05, 4.69) is 47.0 Å². The number of aromatic nitrogens is 1. The van der Waals surface area contributed by atoms with Crippen molar-refractivity contribution < 1.29 is 4.79 Å². The van der Waals surface area contributed by atoms with E-state index in [9.17, 15) is 4.79 Å². The monoisotopic (exact) mass is 304 g/mol. The summed E-state index contributed by atoms with van der Waals surface area (Å²) in [5.41, 5.74) is 3.75. The Morgan fingerprint density at radius 3 is 2.61 bits per heavy atom. The van der Waals surface area contributed by atoms with Crippen LogP contribution in [0.4, 0.5) is 0 Å². The maximum atomic E-state index is 12.5. The van der Waals surface area contributed by atoms with Crippen LogP contribution in [0.5, 0.6) is 0 Å². The molecule has 1 aromatic heterocycles. The molecule has 0 fully saturated rings. The summed E-state index contributed by atoms with van der Waals surface area (Å²) < 4.78 is 2.34. The number of nitrogens with zero attached hydrogens (tertiary/aromatic N) is 2. The van der Waals surface area contributed by atoms with Gasteiger partial charge in [-0.1, -0.05) is 48.5 Å². The number of hydrogen-bond donors (Lipinski definition) is 0. The van der Waals surface area contributed by atoms with E-state index >= 15 is 0 Å². The number of rotatable bonds is 3. The summed E-state index contributed by atoms with van der Waals surface area (Å²) in [5.74, 6) is 0.255. The molecular formula is C20H20N2O. The van der Waals surface area contributed by atoms with Crippen LogP contribution in [0.3, 0.4) is 0 Å². The molecule has 0 aliphatic carbocycles. The first kappa shape index (κ1) is 14.1. The van der Waals surface area contributed by atoms with Gasteiger partial charge in [0.1, 0.15) is 0 Å². The van der Waals surface area contributed by atoms with Crippen LogP contribution in [-0.2, 0) is 24.3 Å². The van der Waals surface area contributed by atoms with Crippen molar-refractivity contribution in [2.75, 3.05) is 6.54 Å². The number of amides is 1. The minimum Gasteiger partial charge on any atom is -0.341 e. The van der Waals surface area contributed by atoms with Crippen LogP contribution in [0.2, 0.25) is 0 Å². The van der Waals surface area contributed by atoms with Gasteiger partial charge in [-0.25, -0.2) is 0 Å². The zero-order valence-corrected chi connectivity index (χ0v) is 13.1. The Morgan fingerprint density at radius 2 is 1.74 bits per heavy atom. The maximum Gasteiger partial charge on any atom is 0.223 e. The van der Waals surface area contributed by atoms with Crippen LogP contribution in [0.15, 0.2) is 60.7 Å². The third-order valence-corrected chi connectivity index (χ3v) is 4.67. The number of benzene rings is 2. The topological polar surface area (TPSA) is 25.2 Å². The fourth-order valence-electron chi connectivity index (χ4n) is 3.42. The first-order valence-corrected chi connectivity index (χ1v) is 8.20. The molecule has 1 amide bonds. The van der Waals surface area contributed by atoms with E-state index in [0.717, 1.165) is 26.1 Å². The summed E-state index contributed by atoms with van der Waals surface area (Å²) >= 11 is 0. The Balaban J connectivity index is 1.46. The lowest BCUT2D eigenvalue weighted by Crippen LogP contribution is -2.38. The van der Waals surface area contributed by atoms with Gasteiger partial charge in [0.2, 0.25) is 5.91 Å². The molecule has 3 nitrogen and oxygen atoms in total. The summed E-state index contributed by atoms with van der Waals surface area (Å²) in [6, 6.07) is 20.9. The van der Waals surface area contributed by atoms with Crippen molar-refractivity contribution in [2.45, 2.75) is 25.9 Å². The van der Waals surface area contributed by atoms with Gasteiger partial charge in [0.25, 0.3) is 0 Å². The van der Waals surface area contributed by atoms with Gasteiger partial charge < -0.3 is 9.47 Å². The van der Waals surface area contributed by atoms with E-state index in [1.807, 2.05) is 23.1 Å². The molecule has 3 heteroatoms. The number of aryl methyl sites for hydroxylation is 1. The van der Waals surface area contributed by atoms with E-state index in [1.54, 1.807) is 0 Å². The molecule has 1 aliphatic rings. The lowest BCUT2D eigenvalue weighted by Gasteiger charge is -2.29. The highest BCUT2D eigenvalue weighted by atomic mass is 16.2. The molecule has 116 valence electrons. The molecule has 1 aliphatic heterocycles. The first-order chi connectivity index (χ1) is 11.3. The summed E-state index contributed by atoms with van der Waals surface area (Å²) in [4.78, 5) is 14.5. The molecule has 23 heavy (non-hydrogen) atoms. The largest absolute Gasteiger partial charge is 0.341 e. The number of para-hydroxylation sites is 1. The Kier molecular flexibility index (Phi) is 3.62. The first-order valence-electron chi connectivity index (χ1n) is 8.20. The van der Waals surface area contributed by atoms with Gasteiger partial charge in [-0.05, 0) is 29.5 Å². The highest BCUT2D eigenvalue weighted by Crippen LogP contribution is 2.24. The summed E-state index contributed by atoms with van der Waals surface area (Å²) in [6.45, 7) is 2.42. The molecule has 0 N–H and O–H groups in total. The standard InChI is InChI=1S/C20H20N2O/c23-20(11-10-16-6-2-1-3-7-16)21-12-13-22-18(15-21)14-17-8-4-5-9-19(17)22/h1-9,14H,10-13,15H2. The third kappa shape index (κ3) is 2.74. The predicted molar refractivity (Wildman–Crippen MR) is 92.1 cm³/mol. The highest BCUT2D eigenvalue weighted by Gasteiger charge is 2.21. The number of carbonyl (C=O) groups is 1. The molecule has 0 spiro atoms. The molecule has 2 aromatic carbocycles. The molecule has 0 atom stereocenters. The molecule has 0 unspecified atom stereocenters. The van der Waals surface area contributed by atoms with Crippen molar-refractivity contribution in [1.82, 2.24) is 9.47 Å². The molecule has 3 aromatic rings. The second kappa shape index (κ2) is 5.92. The van der Waals surface area contributed by atoms with Crippen molar-refractivity contribution >= 4 is 16.8 Å². The van der Waals surface area contributed by atoms with E-state index in [0.29, 0.717) is 6.42 Å². The van der Waals surface area contributed by atoms with Gasteiger partial charge in [0.15, 0.2) is 0 Å². The van der Waals surface area contributed by atoms with Crippen LogP contribution < -0.4 is 0 Å². The lowest BCUT2D eigenvalue weighted by atomic mass is 10.1. The van der Waals surface area contributed by atoms with Gasteiger partial charge in [-0.15, -0.1) is 0 Å². The van der Waals surface area contributed by atoms with Crippen molar-refractivity contribution in [1.29, 1.82) is 0 Å². The van der Waals surface area contributed by atoms with Gasteiger partial charge in [-0.2, -0.15) is 0 Å². The minimum absolute atomic E-state index is 0.255. The summed E-state index contributed by atoms with van der Waals surface area (Å²) in [7, 11) is 0. The smallest absolute Gasteiger partial charge is 0.223 e. The van der Waals surface area contributed by atoms with E-state index < -0.39 is 0 Å². The van der Waals surface area contributed by atoms with E-state index in [4.69, 9.17) is 0 Å². The van der Waals surface area contributed by atoms with E-state index in [1.165, 1.54) is 22.2 Å². The van der Waals surface area contributed by atoms with Crippen LogP contribution in [0, 0.1) is 0 Å². The zero-order chi connectivity index (χ0) is 15.6. The second-order valence-corrected chi connectivity index (χ2v) is 6.15. The highest BCUT2D eigenvalue weighted by molar-refractivity contribution is 5.82. The number of carbonyl (C=O) groups excluding carboxylic acids is 1. The Hall–Kier alpha value is -2.55. The van der Waals surface area contributed by atoms with E-state index in [-0.39, 0.29) is 5.91 Å². The van der Waals surface area contributed by atoms with Crippen LogP contribution in [-0.4, -0.2) is 21.9 Å². The predicted octanol–water partition coefficient (Wildman–Crippen LogP) is 3.62. The average Bonchev–Trinajstić information content (AvgIpc) is 2.98. The van der Waals surface area contributed by atoms with Gasteiger partial charge in [0.05, 0.1) is 6.54 Å². The second-order valence-electron chi connectivity index (χ2n) is 6.15. The van der Waals surface area contributed by atoms with Crippen LogP contribution in [0.25, 0.3) is 10.9 Å². The Labute approximate surface area is 136 Å². The quantitative estimate of drug-likeness (QED) is 0.725. The Morgan fingerprint density at radius 1 is 0.957 bits per heavy atom. The van der Waals surface area contributed by atoms with Crippen molar-refractivity contribution in [3.63, 3.8) is 0 Å². The van der Waals surface area contributed by atoms with Gasteiger partial charge >= 0.3 is 0 Å². The van der Waals surface area contributed by atoms with Crippen LogP contribution >= 0.6 is 0 Å². The van der Waals surface area contributed by atoms with Gasteiger partial charge in [-0.3, -0.25) is 4.79 Å². The molecule has 0 radical (unpaired) electrons. The average molecular weight is 304 g/mol. The zero-order valence-electron chi connectivity index (χ0n) is 13.1. The Bertz CT molecular complexity index is 835. The van der Waals surface area contributed by atoms with Crippen molar-refractivity contribution in [3.8, 4) is 0 Å². The number of fused-ring (bicyclic) bond motifs is 3. The molecular weight excluding hydrogens is 284 g/mol. The van der Waals surface area contributed by atoms with Crippen molar-refractivity contribution in [2.24, 2.45) is 0 Å². The van der Waals surface area contributed by atoms with Gasteiger partial charge in [0, 0.05) is 30.7 Å². The fraction of sp³-hybridized carbons (Fsp3) is 0.250. The molecule has 0 saturated heterocycles. The molecule has 4 rings (SSSR count). The third-order valence-electron chi connectivity index (χ3n) is 4.67. The SMILES string of the molecule is O=C(CCc1ccccc1)N1CCn2c(cc3ccccc32)C1. The number of hydrogen-bond acceptors (Lipinski definition) is 1. The maximum absolute atomic E-state index is 12.5. The molecule has 2 heterocycles. The van der Waals surface area contributed by atoms with Crippen LogP contribution in [0.1, 0.15) is 17.7 Å². The van der Waals surface area contributed by atoms with Crippen molar-refractivity contribution in [3.05, 3.63) is 71.9 Å². The minimum atomic E-state index is 0.255. The summed E-state index contributed by atoms with van der Waals surface area (Å²) in [5, 5.41) is 1.26. The molecule has 0 saturated carbocycles. The molecule has 0 bridgehead atoms. The lowest BCUT2D eigenvalue weighted by molar-refractivity contribution is -0.132. The summed E-state index contributed by atoms with van der Waals surface area (Å²) in [6.07, 6.45) is 1.41.